The molecular formula is C13H21N3O2. The summed E-state index contributed by atoms with van der Waals surface area (Å²) in [5.41, 5.74) is 6.27. The molecule has 1 rings (SSSR count). The van der Waals surface area contributed by atoms with Crippen molar-refractivity contribution in [1.82, 2.24) is 10.3 Å². The van der Waals surface area contributed by atoms with Gasteiger partial charge in [-0.15, -0.1) is 0 Å². The van der Waals surface area contributed by atoms with Crippen LogP contribution >= 0.6 is 0 Å². The summed E-state index contributed by atoms with van der Waals surface area (Å²) in [6, 6.07) is 5.32. The first-order valence-electron chi connectivity index (χ1n) is 5.96. The minimum atomic E-state index is -0.148. The van der Waals surface area contributed by atoms with E-state index in [1.165, 1.54) is 0 Å². The first-order valence-corrected chi connectivity index (χ1v) is 5.96. The highest BCUT2D eigenvalue weighted by molar-refractivity contribution is 5.77. The maximum absolute atomic E-state index is 11.5. The molecule has 0 atom stereocenters. The van der Waals surface area contributed by atoms with Gasteiger partial charge in [-0.25, -0.2) is 4.98 Å². The number of nitrogens with zero attached hydrogens (tertiary/aromatic N) is 1. The predicted octanol–water partition coefficient (Wildman–Crippen LogP) is 1.08. The Labute approximate surface area is 108 Å². The van der Waals surface area contributed by atoms with Crippen molar-refractivity contribution >= 4 is 5.91 Å². The Morgan fingerprint density at radius 1 is 1.44 bits per heavy atom. The second kappa shape index (κ2) is 6.35. The van der Waals surface area contributed by atoms with Gasteiger partial charge >= 0.3 is 0 Å². The van der Waals surface area contributed by atoms with Crippen LogP contribution in [-0.4, -0.2) is 24.0 Å². The lowest BCUT2D eigenvalue weighted by molar-refractivity contribution is -0.123. The minimum absolute atomic E-state index is 0.0307. The molecule has 1 heterocycles. The smallest absolute Gasteiger partial charge is 0.258 e. The monoisotopic (exact) mass is 251 g/mol. The molecule has 100 valence electrons. The van der Waals surface area contributed by atoms with Crippen LogP contribution in [0.5, 0.6) is 5.88 Å². The van der Waals surface area contributed by atoms with Gasteiger partial charge < -0.3 is 15.8 Å². The summed E-state index contributed by atoms with van der Waals surface area (Å²) in [5.74, 6) is 0.272. The lowest BCUT2D eigenvalue weighted by atomic mass is 9.97. The molecule has 0 bridgehead atoms. The molecular weight excluding hydrogens is 230 g/mol. The van der Waals surface area contributed by atoms with Crippen LogP contribution in [0.1, 0.15) is 26.5 Å². The summed E-state index contributed by atoms with van der Waals surface area (Å²) in [5, 5.41) is 2.81. The van der Waals surface area contributed by atoms with Crippen molar-refractivity contribution in [3.63, 3.8) is 0 Å². The van der Waals surface area contributed by atoms with Gasteiger partial charge in [-0.1, -0.05) is 26.8 Å². The minimum Gasteiger partial charge on any atom is -0.468 e. The average molecular weight is 251 g/mol. The number of hydrogen-bond acceptors (Lipinski definition) is 4. The Kier molecular flexibility index (Phi) is 5.09. The Balaban J connectivity index is 2.38. The van der Waals surface area contributed by atoms with Crippen LogP contribution in [0.4, 0.5) is 0 Å². The quantitative estimate of drug-likeness (QED) is 0.821. The van der Waals surface area contributed by atoms with Gasteiger partial charge in [0.1, 0.15) is 0 Å². The van der Waals surface area contributed by atoms with E-state index < -0.39 is 0 Å². The highest BCUT2D eigenvalue weighted by Crippen LogP contribution is 2.10. The molecule has 0 aliphatic heterocycles. The van der Waals surface area contributed by atoms with E-state index >= 15 is 0 Å². The van der Waals surface area contributed by atoms with Crippen LogP contribution in [-0.2, 0) is 11.3 Å². The van der Waals surface area contributed by atoms with Crippen LogP contribution in [0, 0.1) is 5.41 Å². The maximum Gasteiger partial charge on any atom is 0.258 e. The van der Waals surface area contributed by atoms with Gasteiger partial charge in [0.15, 0.2) is 6.61 Å². The number of nitrogens with one attached hydrogen (secondary N) is 1. The molecule has 18 heavy (non-hydrogen) atoms. The molecule has 1 amide bonds. The third kappa shape index (κ3) is 5.63. The lowest BCUT2D eigenvalue weighted by Crippen LogP contribution is -2.35. The highest BCUT2D eigenvalue weighted by atomic mass is 16.5. The molecule has 0 spiro atoms. The van der Waals surface area contributed by atoms with Gasteiger partial charge in [0.2, 0.25) is 5.88 Å². The van der Waals surface area contributed by atoms with Gasteiger partial charge in [0.25, 0.3) is 5.91 Å². The van der Waals surface area contributed by atoms with E-state index in [0.29, 0.717) is 19.0 Å². The fourth-order valence-electron chi connectivity index (χ4n) is 1.21. The van der Waals surface area contributed by atoms with Gasteiger partial charge in [0.05, 0.1) is 5.69 Å². The highest BCUT2D eigenvalue weighted by Gasteiger charge is 2.12. The number of pyridine rings is 1. The van der Waals surface area contributed by atoms with E-state index in [9.17, 15) is 4.79 Å². The van der Waals surface area contributed by atoms with Crippen molar-refractivity contribution in [3.05, 3.63) is 23.9 Å². The van der Waals surface area contributed by atoms with Crippen molar-refractivity contribution in [3.8, 4) is 5.88 Å². The van der Waals surface area contributed by atoms with Gasteiger partial charge in [-0.05, 0) is 11.5 Å². The van der Waals surface area contributed by atoms with Gasteiger partial charge in [0, 0.05) is 19.2 Å². The van der Waals surface area contributed by atoms with E-state index in [2.05, 4.69) is 31.1 Å². The van der Waals surface area contributed by atoms with Crippen molar-refractivity contribution in [2.75, 3.05) is 13.2 Å². The number of carbonyl (C=O) groups excluding carboxylic acids is 1. The van der Waals surface area contributed by atoms with Crippen molar-refractivity contribution in [2.45, 2.75) is 27.3 Å². The molecule has 1 aromatic rings. The summed E-state index contributed by atoms with van der Waals surface area (Å²) in [7, 11) is 0. The fourth-order valence-corrected chi connectivity index (χ4v) is 1.21. The molecule has 0 aliphatic rings. The second-order valence-electron chi connectivity index (χ2n) is 5.30. The van der Waals surface area contributed by atoms with Crippen LogP contribution in [0.3, 0.4) is 0 Å². The summed E-state index contributed by atoms with van der Waals surface area (Å²) in [6.45, 7) is 7.11. The topological polar surface area (TPSA) is 77.2 Å². The largest absolute Gasteiger partial charge is 0.468 e. The molecule has 0 aromatic carbocycles. The molecule has 5 heteroatoms. The first-order chi connectivity index (χ1) is 8.40. The van der Waals surface area contributed by atoms with Crippen LogP contribution in [0.2, 0.25) is 0 Å². The van der Waals surface area contributed by atoms with E-state index in [-0.39, 0.29) is 17.9 Å². The fraction of sp³-hybridized carbons (Fsp3) is 0.538. The Morgan fingerprint density at radius 2 is 2.17 bits per heavy atom. The molecule has 0 aliphatic carbocycles. The number of amides is 1. The van der Waals surface area contributed by atoms with Crippen LogP contribution in [0.15, 0.2) is 18.2 Å². The third-order valence-corrected chi connectivity index (χ3v) is 2.16. The van der Waals surface area contributed by atoms with Crippen molar-refractivity contribution in [1.29, 1.82) is 0 Å². The molecule has 0 fully saturated rings. The molecule has 0 saturated heterocycles. The standard InChI is InChI=1S/C13H21N3O2/c1-13(2,3)9-15-11(17)8-18-12-6-4-5-10(7-14)16-12/h4-6H,7-9,14H2,1-3H3,(H,15,17). The number of aromatic nitrogens is 1. The predicted molar refractivity (Wildman–Crippen MR) is 70.1 cm³/mol. The molecule has 0 radical (unpaired) electrons. The van der Waals surface area contributed by atoms with Crippen LogP contribution in [0.25, 0.3) is 0 Å². The summed E-state index contributed by atoms with van der Waals surface area (Å²) < 4.78 is 5.30. The second-order valence-corrected chi connectivity index (χ2v) is 5.30. The number of rotatable bonds is 5. The first kappa shape index (κ1) is 14.4. The van der Waals surface area contributed by atoms with Crippen LogP contribution < -0.4 is 15.8 Å². The van der Waals surface area contributed by atoms with Crippen molar-refractivity contribution < 1.29 is 9.53 Å². The third-order valence-electron chi connectivity index (χ3n) is 2.16. The molecule has 0 unspecified atom stereocenters. The average Bonchev–Trinajstić information content (AvgIpc) is 2.33. The molecule has 1 aromatic heterocycles. The summed E-state index contributed by atoms with van der Waals surface area (Å²) in [4.78, 5) is 15.7. The van der Waals surface area contributed by atoms with E-state index in [1.54, 1.807) is 12.1 Å². The van der Waals surface area contributed by atoms with E-state index in [0.717, 1.165) is 5.69 Å². The molecule has 3 N–H and O–H groups in total. The molecule has 0 saturated carbocycles. The number of carbonyl (C=O) groups is 1. The number of nitrogens with two attached hydrogens (primary N) is 1. The lowest BCUT2D eigenvalue weighted by Gasteiger charge is -2.18. The Hall–Kier alpha value is -1.62. The zero-order valence-corrected chi connectivity index (χ0v) is 11.2. The Bertz CT molecular complexity index is 399. The van der Waals surface area contributed by atoms with Gasteiger partial charge in [-0.3, -0.25) is 4.79 Å². The summed E-state index contributed by atoms with van der Waals surface area (Å²) >= 11 is 0. The Morgan fingerprint density at radius 3 is 2.78 bits per heavy atom. The van der Waals surface area contributed by atoms with Crippen molar-refractivity contribution in [2.24, 2.45) is 11.1 Å². The number of hydrogen-bond donors (Lipinski definition) is 2. The SMILES string of the molecule is CC(C)(C)CNC(=O)COc1cccc(CN)n1. The van der Waals surface area contributed by atoms with E-state index in [1.807, 2.05) is 6.07 Å². The zero-order valence-electron chi connectivity index (χ0n) is 11.2. The maximum atomic E-state index is 11.5. The molecule has 5 nitrogen and oxygen atoms in total. The normalized spacial score (nSPS) is 11.1. The summed E-state index contributed by atoms with van der Waals surface area (Å²) in [6.07, 6.45) is 0. The van der Waals surface area contributed by atoms with Gasteiger partial charge in [-0.2, -0.15) is 0 Å². The zero-order chi connectivity index (χ0) is 13.6. The van der Waals surface area contributed by atoms with E-state index in [4.69, 9.17) is 10.5 Å². The number of ether oxygens (including phenoxy) is 1.